The molecule has 0 saturated carbocycles. The summed E-state index contributed by atoms with van der Waals surface area (Å²) in [5, 5.41) is 0. The summed E-state index contributed by atoms with van der Waals surface area (Å²) in [6.45, 7) is 11.2. The number of hydrogen-bond donors (Lipinski definition) is 1. The van der Waals surface area contributed by atoms with Crippen molar-refractivity contribution in [3.63, 3.8) is 0 Å². The van der Waals surface area contributed by atoms with Gasteiger partial charge >= 0.3 is 0 Å². The van der Waals surface area contributed by atoms with Crippen molar-refractivity contribution in [1.29, 1.82) is 0 Å². The van der Waals surface area contributed by atoms with Gasteiger partial charge in [-0.3, -0.25) is 0 Å². The zero-order chi connectivity index (χ0) is 18.8. The van der Waals surface area contributed by atoms with E-state index in [4.69, 9.17) is 5.73 Å². The topological polar surface area (TPSA) is 26.0 Å². The fraction of sp³-hybridized carbons (Fsp3) is 0.280. The molecular formula is C25H29N. The van der Waals surface area contributed by atoms with E-state index in [-0.39, 0.29) is 11.8 Å². The second kappa shape index (κ2) is 7.37. The minimum Gasteiger partial charge on any atom is -0.398 e. The average Bonchev–Trinajstić information content (AvgIpc) is 2.67. The third kappa shape index (κ3) is 3.14. The van der Waals surface area contributed by atoms with Crippen LogP contribution in [0.25, 0.3) is 0 Å². The number of hydrogen-bond acceptors (Lipinski definition) is 1. The third-order valence-corrected chi connectivity index (χ3v) is 5.98. The summed E-state index contributed by atoms with van der Waals surface area (Å²) >= 11 is 0. The number of anilines is 1. The Morgan fingerprint density at radius 3 is 1.27 bits per heavy atom. The van der Waals surface area contributed by atoms with Gasteiger partial charge in [0.2, 0.25) is 0 Å². The zero-order valence-electron chi connectivity index (χ0n) is 16.5. The first kappa shape index (κ1) is 18.3. The first-order valence-electron chi connectivity index (χ1n) is 9.42. The number of rotatable bonds is 4. The number of nitrogens with two attached hydrogens (primary N) is 1. The second-order valence-electron chi connectivity index (χ2n) is 7.38. The molecule has 0 aliphatic heterocycles. The molecule has 1 heteroatoms. The SMILES string of the molecule is Cc1c(C)c([C@H](C)c2ccccc2)c(N)c([C@H](C)c2ccccc2)c1C. The molecular weight excluding hydrogens is 314 g/mol. The van der Waals surface area contributed by atoms with Crippen LogP contribution in [-0.4, -0.2) is 0 Å². The summed E-state index contributed by atoms with van der Waals surface area (Å²) in [4.78, 5) is 0. The summed E-state index contributed by atoms with van der Waals surface area (Å²) < 4.78 is 0. The maximum Gasteiger partial charge on any atom is 0.0397 e. The van der Waals surface area contributed by atoms with Crippen LogP contribution in [0.5, 0.6) is 0 Å². The Labute approximate surface area is 157 Å². The molecule has 0 aliphatic rings. The summed E-state index contributed by atoms with van der Waals surface area (Å²) in [5.41, 5.74) is 17.0. The van der Waals surface area contributed by atoms with Gasteiger partial charge in [0, 0.05) is 17.5 Å². The normalized spacial score (nSPS) is 13.4. The maximum absolute atomic E-state index is 6.83. The minimum atomic E-state index is 0.275. The van der Waals surface area contributed by atoms with Gasteiger partial charge in [0.25, 0.3) is 0 Å². The monoisotopic (exact) mass is 343 g/mol. The third-order valence-electron chi connectivity index (χ3n) is 5.98. The summed E-state index contributed by atoms with van der Waals surface area (Å²) in [5.74, 6) is 0.550. The molecule has 0 heterocycles. The molecule has 0 radical (unpaired) electrons. The van der Waals surface area contributed by atoms with Gasteiger partial charge in [-0.15, -0.1) is 0 Å². The van der Waals surface area contributed by atoms with E-state index in [0.29, 0.717) is 0 Å². The molecule has 0 unspecified atom stereocenters. The lowest BCUT2D eigenvalue weighted by Crippen LogP contribution is -2.13. The first-order chi connectivity index (χ1) is 12.4. The molecule has 2 N–H and O–H groups in total. The number of benzene rings is 3. The van der Waals surface area contributed by atoms with E-state index >= 15 is 0 Å². The van der Waals surface area contributed by atoms with Crippen molar-refractivity contribution < 1.29 is 0 Å². The predicted octanol–water partition coefficient (Wildman–Crippen LogP) is 6.50. The Bertz CT molecular complexity index is 822. The molecule has 3 aromatic rings. The standard InChI is InChI=1S/C25H29N/c1-16-17(2)23(19(4)21-12-8-6-9-13-21)25(26)24(18(16)3)20(5)22-14-10-7-11-15-22/h6-15,19-20H,26H2,1-5H3/t19-,20-/m1/s1. The average molecular weight is 344 g/mol. The van der Waals surface area contributed by atoms with Crippen molar-refractivity contribution in [2.24, 2.45) is 0 Å². The minimum absolute atomic E-state index is 0.275. The van der Waals surface area contributed by atoms with Crippen molar-refractivity contribution in [2.45, 2.75) is 46.5 Å². The highest BCUT2D eigenvalue weighted by molar-refractivity contribution is 5.67. The lowest BCUT2D eigenvalue weighted by Gasteiger charge is -2.27. The van der Waals surface area contributed by atoms with Gasteiger partial charge in [0.1, 0.15) is 0 Å². The van der Waals surface area contributed by atoms with Crippen LogP contribution in [0.2, 0.25) is 0 Å². The van der Waals surface area contributed by atoms with Gasteiger partial charge in [-0.05, 0) is 59.7 Å². The Morgan fingerprint density at radius 1 is 0.577 bits per heavy atom. The Kier molecular flexibility index (Phi) is 5.18. The van der Waals surface area contributed by atoms with E-state index in [1.54, 1.807) is 0 Å². The molecule has 0 amide bonds. The fourth-order valence-electron chi connectivity index (χ4n) is 4.17. The van der Waals surface area contributed by atoms with Gasteiger partial charge in [0.15, 0.2) is 0 Å². The molecule has 0 bridgehead atoms. The molecule has 134 valence electrons. The molecule has 1 nitrogen and oxygen atoms in total. The molecule has 26 heavy (non-hydrogen) atoms. The van der Waals surface area contributed by atoms with E-state index < -0.39 is 0 Å². The van der Waals surface area contributed by atoms with Crippen LogP contribution in [0.4, 0.5) is 5.69 Å². The highest BCUT2D eigenvalue weighted by Gasteiger charge is 2.24. The molecule has 0 aromatic heterocycles. The summed E-state index contributed by atoms with van der Waals surface area (Å²) in [6, 6.07) is 21.3. The molecule has 0 aliphatic carbocycles. The van der Waals surface area contributed by atoms with Crippen LogP contribution in [0.1, 0.15) is 64.6 Å². The quantitative estimate of drug-likeness (QED) is 0.538. The predicted molar refractivity (Wildman–Crippen MR) is 113 cm³/mol. The highest BCUT2D eigenvalue weighted by atomic mass is 14.6. The van der Waals surface area contributed by atoms with Gasteiger partial charge in [-0.25, -0.2) is 0 Å². The molecule has 3 rings (SSSR count). The summed E-state index contributed by atoms with van der Waals surface area (Å²) in [7, 11) is 0. The molecule has 3 aromatic carbocycles. The van der Waals surface area contributed by atoms with Gasteiger partial charge in [-0.1, -0.05) is 74.5 Å². The largest absolute Gasteiger partial charge is 0.398 e. The van der Waals surface area contributed by atoms with Crippen LogP contribution in [0.15, 0.2) is 60.7 Å². The molecule has 0 spiro atoms. The van der Waals surface area contributed by atoms with Crippen LogP contribution in [-0.2, 0) is 0 Å². The van der Waals surface area contributed by atoms with Crippen LogP contribution in [0, 0.1) is 20.8 Å². The van der Waals surface area contributed by atoms with Crippen molar-refractivity contribution >= 4 is 5.69 Å². The van der Waals surface area contributed by atoms with Gasteiger partial charge in [0.05, 0.1) is 0 Å². The van der Waals surface area contributed by atoms with E-state index in [0.717, 1.165) is 5.69 Å². The molecule has 0 fully saturated rings. The van der Waals surface area contributed by atoms with Crippen molar-refractivity contribution in [1.82, 2.24) is 0 Å². The lowest BCUT2D eigenvalue weighted by molar-refractivity contribution is 0.870. The maximum atomic E-state index is 6.83. The highest BCUT2D eigenvalue weighted by Crippen LogP contribution is 2.41. The fourth-order valence-corrected chi connectivity index (χ4v) is 4.17. The molecule has 0 saturated heterocycles. The van der Waals surface area contributed by atoms with Gasteiger partial charge < -0.3 is 5.73 Å². The van der Waals surface area contributed by atoms with E-state index in [2.05, 4.69) is 95.3 Å². The zero-order valence-corrected chi connectivity index (χ0v) is 16.5. The summed E-state index contributed by atoms with van der Waals surface area (Å²) in [6.07, 6.45) is 0. The van der Waals surface area contributed by atoms with E-state index in [1.807, 2.05) is 0 Å². The van der Waals surface area contributed by atoms with E-state index in [9.17, 15) is 0 Å². The van der Waals surface area contributed by atoms with Crippen LogP contribution >= 0.6 is 0 Å². The second-order valence-corrected chi connectivity index (χ2v) is 7.38. The van der Waals surface area contributed by atoms with E-state index in [1.165, 1.54) is 38.9 Å². The van der Waals surface area contributed by atoms with Gasteiger partial charge in [-0.2, -0.15) is 0 Å². The van der Waals surface area contributed by atoms with Crippen molar-refractivity contribution in [3.8, 4) is 0 Å². The van der Waals surface area contributed by atoms with Crippen molar-refractivity contribution in [2.75, 3.05) is 5.73 Å². The van der Waals surface area contributed by atoms with Crippen LogP contribution in [0.3, 0.4) is 0 Å². The molecule has 2 atom stereocenters. The number of nitrogen functional groups attached to an aromatic ring is 1. The Morgan fingerprint density at radius 2 is 0.923 bits per heavy atom. The smallest absolute Gasteiger partial charge is 0.0397 e. The van der Waals surface area contributed by atoms with Crippen LogP contribution < -0.4 is 5.73 Å². The Hall–Kier alpha value is -2.54. The lowest BCUT2D eigenvalue weighted by atomic mass is 9.79. The Balaban J connectivity index is 2.20. The van der Waals surface area contributed by atoms with Crippen molar-refractivity contribution in [3.05, 3.63) is 99.6 Å². The first-order valence-corrected chi connectivity index (χ1v) is 9.42.